The summed E-state index contributed by atoms with van der Waals surface area (Å²) in [5.41, 5.74) is 1.31. The Labute approximate surface area is 97.9 Å². The van der Waals surface area contributed by atoms with Crippen LogP contribution in [0.15, 0.2) is 42.6 Å². The average molecular weight is 230 g/mol. The van der Waals surface area contributed by atoms with E-state index < -0.39 is 8.07 Å². The van der Waals surface area contributed by atoms with Crippen LogP contribution in [0.1, 0.15) is 5.56 Å². The Morgan fingerprint density at radius 3 is 2.38 bits per heavy atom. The summed E-state index contributed by atoms with van der Waals surface area (Å²) in [5, 5.41) is 5.84. The van der Waals surface area contributed by atoms with Crippen LogP contribution >= 0.6 is 0 Å². The molecule has 3 heteroatoms. The summed E-state index contributed by atoms with van der Waals surface area (Å²) in [6.07, 6.45) is 1.91. The molecule has 1 aromatic heterocycles. The molecule has 16 heavy (non-hydrogen) atoms. The SMILES string of the molecule is C[Si](C)(C)c1ccnn1Cc1ccccc1. The lowest BCUT2D eigenvalue weighted by molar-refractivity contribution is 0.703. The topological polar surface area (TPSA) is 17.8 Å². The van der Waals surface area contributed by atoms with Crippen molar-refractivity contribution in [3.05, 3.63) is 48.2 Å². The minimum Gasteiger partial charge on any atom is -0.270 e. The van der Waals surface area contributed by atoms with Gasteiger partial charge in [0, 0.05) is 11.5 Å². The van der Waals surface area contributed by atoms with Gasteiger partial charge in [-0.05, 0) is 11.6 Å². The molecule has 0 radical (unpaired) electrons. The zero-order valence-electron chi connectivity index (χ0n) is 10.1. The molecule has 84 valence electrons. The van der Waals surface area contributed by atoms with Crippen molar-refractivity contribution in [2.24, 2.45) is 0 Å². The molecule has 0 aliphatic rings. The van der Waals surface area contributed by atoms with E-state index in [9.17, 15) is 0 Å². The predicted octanol–water partition coefficient (Wildman–Crippen LogP) is 2.48. The number of hydrogen-bond acceptors (Lipinski definition) is 1. The molecule has 0 saturated heterocycles. The van der Waals surface area contributed by atoms with E-state index >= 15 is 0 Å². The smallest absolute Gasteiger partial charge is 0.101 e. The Hall–Kier alpha value is -1.35. The maximum Gasteiger partial charge on any atom is 0.101 e. The van der Waals surface area contributed by atoms with Crippen LogP contribution in [0.2, 0.25) is 19.6 Å². The van der Waals surface area contributed by atoms with Gasteiger partial charge in [-0.1, -0.05) is 50.0 Å². The quantitative estimate of drug-likeness (QED) is 0.741. The van der Waals surface area contributed by atoms with Crippen LogP contribution < -0.4 is 5.32 Å². The maximum absolute atomic E-state index is 4.43. The number of nitrogens with zero attached hydrogens (tertiary/aromatic N) is 2. The fourth-order valence-electron chi connectivity index (χ4n) is 1.85. The van der Waals surface area contributed by atoms with Crippen molar-refractivity contribution >= 4 is 13.4 Å². The second-order valence-electron chi connectivity index (χ2n) is 5.11. The van der Waals surface area contributed by atoms with Crippen LogP contribution in [-0.2, 0) is 6.54 Å². The summed E-state index contributed by atoms with van der Waals surface area (Å²) in [7, 11) is -1.28. The minimum atomic E-state index is -1.28. The summed E-state index contributed by atoms with van der Waals surface area (Å²) in [5.74, 6) is 0. The zero-order valence-corrected chi connectivity index (χ0v) is 11.1. The van der Waals surface area contributed by atoms with Crippen molar-refractivity contribution < 1.29 is 0 Å². The highest BCUT2D eigenvalue weighted by Crippen LogP contribution is 2.05. The second kappa shape index (κ2) is 4.26. The van der Waals surface area contributed by atoms with Gasteiger partial charge in [0.1, 0.15) is 8.07 Å². The fraction of sp³-hybridized carbons (Fsp3) is 0.308. The van der Waals surface area contributed by atoms with E-state index in [1.807, 2.05) is 12.3 Å². The van der Waals surface area contributed by atoms with E-state index in [0.717, 1.165) is 6.54 Å². The molecule has 0 fully saturated rings. The Morgan fingerprint density at radius 1 is 1.06 bits per heavy atom. The molecule has 0 bridgehead atoms. The monoisotopic (exact) mass is 230 g/mol. The van der Waals surface area contributed by atoms with Crippen molar-refractivity contribution in [2.75, 3.05) is 0 Å². The Balaban J connectivity index is 2.26. The molecular weight excluding hydrogens is 212 g/mol. The normalized spacial score (nSPS) is 11.7. The molecule has 0 saturated carbocycles. The number of hydrogen-bond donors (Lipinski definition) is 0. The Morgan fingerprint density at radius 2 is 1.75 bits per heavy atom. The van der Waals surface area contributed by atoms with E-state index in [0.29, 0.717) is 0 Å². The predicted molar refractivity (Wildman–Crippen MR) is 70.8 cm³/mol. The summed E-state index contributed by atoms with van der Waals surface area (Å²) >= 11 is 0. The molecule has 0 atom stereocenters. The molecule has 0 N–H and O–H groups in total. The minimum absolute atomic E-state index is 0.882. The Bertz CT molecular complexity index is 454. The summed E-state index contributed by atoms with van der Waals surface area (Å²) in [6, 6.07) is 12.7. The van der Waals surface area contributed by atoms with Crippen LogP contribution in [0.25, 0.3) is 0 Å². The van der Waals surface area contributed by atoms with Gasteiger partial charge in [0.2, 0.25) is 0 Å². The molecule has 0 unspecified atom stereocenters. The maximum atomic E-state index is 4.43. The number of aromatic nitrogens is 2. The van der Waals surface area contributed by atoms with Crippen LogP contribution in [0.3, 0.4) is 0 Å². The highest BCUT2D eigenvalue weighted by Gasteiger charge is 2.20. The van der Waals surface area contributed by atoms with Crippen molar-refractivity contribution in [2.45, 2.75) is 26.2 Å². The molecule has 2 aromatic rings. The van der Waals surface area contributed by atoms with Crippen molar-refractivity contribution in [1.82, 2.24) is 9.78 Å². The first-order valence-electron chi connectivity index (χ1n) is 5.63. The van der Waals surface area contributed by atoms with Gasteiger partial charge in [-0.15, -0.1) is 0 Å². The first-order valence-corrected chi connectivity index (χ1v) is 9.13. The summed E-state index contributed by atoms with van der Waals surface area (Å²) in [6.45, 7) is 7.94. The highest BCUT2D eigenvalue weighted by molar-refractivity contribution is 6.88. The number of benzene rings is 1. The van der Waals surface area contributed by atoms with E-state index in [2.05, 4.69) is 59.8 Å². The Kier molecular flexibility index (Phi) is 2.96. The first-order chi connectivity index (χ1) is 7.57. The van der Waals surface area contributed by atoms with E-state index in [-0.39, 0.29) is 0 Å². The molecular formula is C13H18N2Si. The molecule has 1 heterocycles. The van der Waals surface area contributed by atoms with Gasteiger partial charge in [-0.25, -0.2) is 0 Å². The largest absolute Gasteiger partial charge is 0.270 e. The van der Waals surface area contributed by atoms with Gasteiger partial charge in [0.25, 0.3) is 0 Å². The van der Waals surface area contributed by atoms with Gasteiger partial charge >= 0.3 is 0 Å². The van der Waals surface area contributed by atoms with Crippen molar-refractivity contribution in [3.8, 4) is 0 Å². The molecule has 0 aliphatic carbocycles. The van der Waals surface area contributed by atoms with Crippen LogP contribution in [0, 0.1) is 0 Å². The molecule has 0 aliphatic heterocycles. The average Bonchev–Trinajstić information content (AvgIpc) is 2.67. The van der Waals surface area contributed by atoms with E-state index in [1.165, 1.54) is 10.9 Å². The van der Waals surface area contributed by atoms with Crippen LogP contribution in [0.4, 0.5) is 0 Å². The van der Waals surface area contributed by atoms with E-state index in [1.54, 1.807) is 0 Å². The third-order valence-electron chi connectivity index (χ3n) is 2.66. The standard InChI is InChI=1S/C13H18N2Si/c1-16(2,3)13-9-10-14-15(13)11-12-7-5-4-6-8-12/h4-10H,11H2,1-3H3. The van der Waals surface area contributed by atoms with Gasteiger partial charge in [0.15, 0.2) is 0 Å². The van der Waals surface area contributed by atoms with Crippen molar-refractivity contribution in [3.63, 3.8) is 0 Å². The third-order valence-corrected chi connectivity index (χ3v) is 4.62. The summed E-state index contributed by atoms with van der Waals surface area (Å²) in [4.78, 5) is 0. The highest BCUT2D eigenvalue weighted by atomic mass is 28.3. The molecule has 2 nitrogen and oxygen atoms in total. The van der Waals surface area contributed by atoms with E-state index in [4.69, 9.17) is 0 Å². The lowest BCUT2D eigenvalue weighted by atomic mass is 10.2. The third kappa shape index (κ3) is 2.42. The summed E-state index contributed by atoms with van der Waals surface area (Å²) < 4.78 is 2.14. The molecule has 0 spiro atoms. The second-order valence-corrected chi connectivity index (χ2v) is 10.1. The zero-order chi connectivity index (χ0) is 11.6. The van der Waals surface area contributed by atoms with Crippen molar-refractivity contribution in [1.29, 1.82) is 0 Å². The molecule has 1 aromatic carbocycles. The van der Waals surface area contributed by atoms with Gasteiger partial charge in [-0.2, -0.15) is 5.10 Å². The lowest BCUT2D eigenvalue weighted by Crippen LogP contribution is -2.43. The van der Waals surface area contributed by atoms with Gasteiger partial charge in [-0.3, -0.25) is 4.68 Å². The van der Waals surface area contributed by atoms with Crippen LogP contribution in [-0.4, -0.2) is 17.9 Å². The van der Waals surface area contributed by atoms with Gasteiger partial charge in [0.05, 0.1) is 6.54 Å². The molecule has 0 amide bonds. The van der Waals surface area contributed by atoms with Crippen LogP contribution in [0.5, 0.6) is 0 Å². The fourth-order valence-corrected chi connectivity index (χ4v) is 3.34. The number of rotatable bonds is 3. The first kappa shape index (κ1) is 11.1. The lowest BCUT2D eigenvalue weighted by Gasteiger charge is -2.18. The van der Waals surface area contributed by atoms with Gasteiger partial charge < -0.3 is 0 Å². The molecule has 2 rings (SSSR count).